The van der Waals surface area contributed by atoms with E-state index in [1.54, 1.807) is 19.9 Å². The number of hydrogen-bond donors (Lipinski definition) is 3. The fourth-order valence-corrected chi connectivity index (χ4v) is 3.98. The lowest BCUT2D eigenvalue weighted by molar-refractivity contribution is -0.141. The van der Waals surface area contributed by atoms with Gasteiger partial charge in [-0.2, -0.15) is 23.4 Å². The normalized spacial score (nSPS) is 20.5. The van der Waals surface area contributed by atoms with Crippen LogP contribution in [0.3, 0.4) is 0 Å². The third-order valence-electron chi connectivity index (χ3n) is 5.50. The van der Waals surface area contributed by atoms with Crippen LogP contribution in [0.25, 0.3) is 5.52 Å². The predicted octanol–water partition coefficient (Wildman–Crippen LogP) is 4.08. The molecule has 1 aliphatic rings. The summed E-state index contributed by atoms with van der Waals surface area (Å²) in [4.78, 5) is 15.5. The summed E-state index contributed by atoms with van der Waals surface area (Å²) in [5.74, 6) is -0.590. The van der Waals surface area contributed by atoms with Gasteiger partial charge in [-0.15, -0.1) is 0 Å². The standard InChI is InChI=1S/C21H25F4N7O3/c1-10(2)26-20(33)35-15-5-4-12(18(15)22)13-7-17(30-29-13)28-19-14-6-11(9-34-3)31-32(14)8-16(27-19)21(23,24)25/h6-8,10,12,15,18H,4-5,9H2,1-3H3,(H,26,33)(H2,27,28,29,30)/t12-,15-,18+/m1/s1. The number of methoxy groups -OCH3 is 1. The smallest absolute Gasteiger partial charge is 0.434 e. The Morgan fingerprint density at radius 1 is 1.31 bits per heavy atom. The average molecular weight is 499 g/mol. The van der Waals surface area contributed by atoms with Crippen LogP contribution in [0.1, 0.15) is 49.7 Å². The summed E-state index contributed by atoms with van der Waals surface area (Å²) < 4.78 is 66.4. The number of H-pyrrole nitrogens is 1. The number of rotatable bonds is 7. The highest BCUT2D eigenvalue weighted by molar-refractivity contribution is 5.72. The molecule has 14 heteroatoms. The first kappa shape index (κ1) is 24.7. The highest BCUT2D eigenvalue weighted by Gasteiger charge is 2.41. The lowest BCUT2D eigenvalue weighted by atomic mass is 10.0. The third-order valence-corrected chi connectivity index (χ3v) is 5.50. The average Bonchev–Trinajstić information content (AvgIpc) is 3.46. The second-order valence-corrected chi connectivity index (χ2v) is 8.58. The van der Waals surface area contributed by atoms with E-state index in [0.717, 1.165) is 10.7 Å². The Hall–Kier alpha value is -3.42. The van der Waals surface area contributed by atoms with Gasteiger partial charge >= 0.3 is 12.3 Å². The molecule has 0 spiro atoms. The number of hydrogen-bond acceptors (Lipinski definition) is 7. The maximum absolute atomic E-state index is 15.0. The minimum absolute atomic E-state index is 0.104. The molecule has 0 radical (unpaired) electrons. The summed E-state index contributed by atoms with van der Waals surface area (Å²) >= 11 is 0. The van der Waals surface area contributed by atoms with Crippen molar-refractivity contribution in [3.05, 3.63) is 35.4 Å². The molecule has 0 saturated heterocycles. The SMILES string of the molecule is COCc1cc2c(Nc3cc([C@H]4CC[C@@H](OC(=O)NC(C)C)[C@H]4F)[nH]n3)nc(C(F)(F)F)cn2n1. The van der Waals surface area contributed by atoms with Crippen LogP contribution >= 0.6 is 0 Å². The molecule has 1 fully saturated rings. The summed E-state index contributed by atoms with van der Waals surface area (Å²) in [6.45, 7) is 3.63. The van der Waals surface area contributed by atoms with Crippen LogP contribution in [0.15, 0.2) is 18.3 Å². The summed E-state index contributed by atoms with van der Waals surface area (Å²) in [6.07, 6.45) is -6.24. The van der Waals surface area contributed by atoms with Crippen LogP contribution in [0.4, 0.5) is 34.0 Å². The molecule has 3 aromatic heterocycles. The molecular weight excluding hydrogens is 474 g/mol. The van der Waals surface area contributed by atoms with Gasteiger partial charge in [-0.3, -0.25) is 5.10 Å². The fourth-order valence-electron chi connectivity index (χ4n) is 3.98. The Morgan fingerprint density at radius 3 is 2.77 bits per heavy atom. The number of halogens is 4. The van der Waals surface area contributed by atoms with E-state index in [-0.39, 0.29) is 29.8 Å². The molecule has 0 aliphatic heterocycles. The quantitative estimate of drug-likeness (QED) is 0.419. The molecule has 0 bridgehead atoms. The Labute approximate surface area is 197 Å². The zero-order valence-corrected chi connectivity index (χ0v) is 19.2. The maximum Gasteiger partial charge on any atom is 0.434 e. The van der Waals surface area contributed by atoms with Gasteiger partial charge < -0.3 is 20.1 Å². The number of aromatic nitrogens is 5. The van der Waals surface area contributed by atoms with Gasteiger partial charge in [0.25, 0.3) is 0 Å². The lowest BCUT2D eigenvalue weighted by Crippen LogP contribution is -2.36. The highest BCUT2D eigenvalue weighted by Crippen LogP contribution is 2.39. The van der Waals surface area contributed by atoms with Crippen molar-refractivity contribution < 1.29 is 31.8 Å². The van der Waals surface area contributed by atoms with Crippen molar-refractivity contribution in [2.45, 2.75) is 63.7 Å². The summed E-state index contributed by atoms with van der Waals surface area (Å²) in [7, 11) is 1.45. The molecule has 1 aliphatic carbocycles. The summed E-state index contributed by atoms with van der Waals surface area (Å²) in [6, 6.07) is 2.90. The van der Waals surface area contributed by atoms with Crippen LogP contribution in [0.5, 0.6) is 0 Å². The van der Waals surface area contributed by atoms with E-state index in [9.17, 15) is 18.0 Å². The summed E-state index contributed by atoms with van der Waals surface area (Å²) in [5.41, 5.74) is -0.0248. The van der Waals surface area contributed by atoms with Gasteiger partial charge in [0.05, 0.1) is 18.5 Å². The second-order valence-electron chi connectivity index (χ2n) is 8.58. The van der Waals surface area contributed by atoms with Crippen LogP contribution < -0.4 is 10.6 Å². The Bertz CT molecular complexity index is 1190. The molecule has 1 amide bonds. The van der Waals surface area contributed by atoms with Crippen molar-refractivity contribution >= 4 is 23.2 Å². The number of alkyl carbamates (subject to hydrolysis) is 1. The number of carbonyl (C=O) groups excluding carboxylic acids is 1. The molecule has 0 unspecified atom stereocenters. The maximum atomic E-state index is 15.0. The molecule has 190 valence electrons. The fraction of sp³-hybridized carbons (Fsp3) is 0.524. The first-order valence-corrected chi connectivity index (χ1v) is 10.9. The van der Waals surface area contributed by atoms with E-state index in [1.165, 1.54) is 13.2 Å². The van der Waals surface area contributed by atoms with Gasteiger partial charge in [-0.25, -0.2) is 18.7 Å². The van der Waals surface area contributed by atoms with Gasteiger partial charge in [0.2, 0.25) is 0 Å². The molecule has 4 rings (SSSR count). The van der Waals surface area contributed by atoms with E-state index >= 15 is 4.39 Å². The molecule has 3 N–H and O–H groups in total. The number of alkyl halides is 4. The predicted molar refractivity (Wildman–Crippen MR) is 116 cm³/mol. The molecular formula is C21H25F4N7O3. The number of amides is 1. The molecule has 35 heavy (non-hydrogen) atoms. The molecule has 3 heterocycles. The largest absolute Gasteiger partial charge is 0.443 e. The highest BCUT2D eigenvalue weighted by atomic mass is 19.4. The topological polar surface area (TPSA) is 118 Å². The van der Waals surface area contributed by atoms with Gasteiger partial charge in [-0.1, -0.05) is 0 Å². The number of nitrogens with one attached hydrogen (secondary N) is 3. The molecule has 0 aromatic carbocycles. The monoisotopic (exact) mass is 499 g/mol. The van der Waals surface area contributed by atoms with Crippen molar-refractivity contribution in [1.82, 2.24) is 30.1 Å². The second kappa shape index (κ2) is 9.68. The minimum Gasteiger partial charge on any atom is -0.443 e. The zero-order valence-electron chi connectivity index (χ0n) is 19.2. The van der Waals surface area contributed by atoms with Gasteiger partial charge in [-0.05, 0) is 32.8 Å². The third kappa shape index (κ3) is 5.47. The van der Waals surface area contributed by atoms with E-state index in [1.807, 2.05) is 0 Å². The van der Waals surface area contributed by atoms with Crippen LogP contribution in [0, 0.1) is 0 Å². The molecule has 1 saturated carbocycles. The van der Waals surface area contributed by atoms with Crippen LogP contribution in [-0.2, 0) is 22.3 Å². The number of aromatic amines is 1. The Balaban J connectivity index is 1.54. The van der Waals surface area contributed by atoms with Gasteiger partial charge in [0, 0.05) is 30.8 Å². The zero-order chi connectivity index (χ0) is 25.3. The van der Waals surface area contributed by atoms with Crippen molar-refractivity contribution in [2.75, 3.05) is 12.4 Å². The van der Waals surface area contributed by atoms with Crippen molar-refractivity contribution in [2.24, 2.45) is 0 Å². The van der Waals surface area contributed by atoms with E-state index in [0.29, 0.717) is 24.2 Å². The molecule has 10 nitrogen and oxygen atoms in total. The molecule has 3 atom stereocenters. The first-order chi connectivity index (χ1) is 16.5. The first-order valence-electron chi connectivity index (χ1n) is 10.9. The summed E-state index contributed by atoms with van der Waals surface area (Å²) in [5, 5.41) is 16.2. The Kier molecular flexibility index (Phi) is 6.83. The van der Waals surface area contributed by atoms with Crippen molar-refractivity contribution in [3.63, 3.8) is 0 Å². The number of anilines is 2. The van der Waals surface area contributed by atoms with Gasteiger partial charge in [0.15, 0.2) is 17.3 Å². The van der Waals surface area contributed by atoms with Crippen molar-refractivity contribution in [3.8, 4) is 0 Å². The Morgan fingerprint density at radius 2 is 2.09 bits per heavy atom. The number of ether oxygens (including phenoxy) is 2. The lowest BCUT2D eigenvalue weighted by Gasteiger charge is -2.18. The van der Waals surface area contributed by atoms with E-state index in [2.05, 4.69) is 30.9 Å². The van der Waals surface area contributed by atoms with Crippen molar-refractivity contribution in [1.29, 1.82) is 0 Å². The number of nitrogens with zero attached hydrogens (tertiary/aromatic N) is 4. The number of fused-ring (bicyclic) bond motifs is 1. The van der Waals surface area contributed by atoms with Crippen LogP contribution in [-0.4, -0.2) is 56.3 Å². The molecule has 3 aromatic rings. The van der Waals surface area contributed by atoms with Crippen LogP contribution in [0.2, 0.25) is 0 Å². The van der Waals surface area contributed by atoms with Gasteiger partial charge in [0.1, 0.15) is 17.8 Å². The minimum atomic E-state index is -4.70. The van der Waals surface area contributed by atoms with E-state index < -0.39 is 36.2 Å². The number of carbonyl (C=O) groups is 1. The van der Waals surface area contributed by atoms with E-state index in [4.69, 9.17) is 9.47 Å².